The largest absolute Gasteiger partial charge is 0.460 e. The fourth-order valence-electron chi connectivity index (χ4n) is 2.51. The molecule has 188 valence electrons. The van der Waals surface area contributed by atoms with E-state index in [9.17, 15) is 9.59 Å². The fourth-order valence-corrected chi connectivity index (χ4v) is 4.85. The predicted molar refractivity (Wildman–Crippen MR) is 142 cm³/mol. The monoisotopic (exact) mass is 534 g/mol. The van der Waals surface area contributed by atoms with Crippen LogP contribution in [0.25, 0.3) is 0 Å². The number of esters is 2. The highest BCUT2D eigenvalue weighted by Gasteiger charge is 2.02. The lowest BCUT2D eigenvalue weighted by molar-refractivity contribution is -0.140. The minimum atomic E-state index is -0.431. The smallest absolute Gasteiger partial charge is 0.330 e. The molecule has 0 fully saturated rings. The standard InChI is InChI=1S/C26H30O6S3/c1-3-25(27)31-15-13-29-17-19-33-21-5-9-23(10-6-21)35-24-11-7-22(8-12-24)34-20-18-30-14-16-32-26(28)4-2/h3-12H,1-2,13-20H2. The molecular weight excluding hydrogens is 504 g/mol. The first-order valence-electron chi connectivity index (χ1n) is 11.0. The van der Waals surface area contributed by atoms with Crippen molar-refractivity contribution < 1.29 is 28.5 Å². The quantitative estimate of drug-likeness (QED) is 0.106. The van der Waals surface area contributed by atoms with Crippen LogP contribution < -0.4 is 0 Å². The summed E-state index contributed by atoms with van der Waals surface area (Å²) < 4.78 is 20.6. The van der Waals surface area contributed by atoms with Crippen molar-refractivity contribution in [2.24, 2.45) is 0 Å². The summed E-state index contributed by atoms with van der Waals surface area (Å²) >= 11 is 5.17. The highest BCUT2D eigenvalue weighted by atomic mass is 32.2. The number of rotatable bonds is 18. The third-order valence-electron chi connectivity index (χ3n) is 4.15. The molecule has 0 unspecified atom stereocenters. The third kappa shape index (κ3) is 13.5. The lowest BCUT2D eigenvalue weighted by Crippen LogP contribution is -2.09. The van der Waals surface area contributed by atoms with Gasteiger partial charge < -0.3 is 18.9 Å². The number of hydrogen-bond donors (Lipinski definition) is 0. The Balaban J connectivity index is 1.58. The van der Waals surface area contributed by atoms with E-state index >= 15 is 0 Å². The van der Waals surface area contributed by atoms with Crippen LogP contribution in [0, 0.1) is 0 Å². The third-order valence-corrected chi connectivity index (χ3v) is 7.12. The van der Waals surface area contributed by atoms with E-state index in [-0.39, 0.29) is 13.2 Å². The summed E-state index contributed by atoms with van der Waals surface area (Å²) in [5.41, 5.74) is 0. The topological polar surface area (TPSA) is 71.1 Å². The Bertz CT molecular complexity index is 840. The zero-order valence-electron chi connectivity index (χ0n) is 19.5. The molecule has 35 heavy (non-hydrogen) atoms. The highest BCUT2D eigenvalue weighted by molar-refractivity contribution is 8.00. The van der Waals surface area contributed by atoms with Crippen LogP contribution in [0.3, 0.4) is 0 Å². The Morgan fingerprint density at radius 3 is 1.34 bits per heavy atom. The van der Waals surface area contributed by atoms with Gasteiger partial charge in [0.1, 0.15) is 13.2 Å². The van der Waals surface area contributed by atoms with Crippen LogP contribution in [0.5, 0.6) is 0 Å². The number of carbonyl (C=O) groups excluding carboxylic acids is 2. The predicted octanol–water partition coefficient (Wildman–Crippen LogP) is 5.51. The Kier molecular flexibility index (Phi) is 15.1. The molecule has 0 heterocycles. The minimum Gasteiger partial charge on any atom is -0.460 e. The summed E-state index contributed by atoms with van der Waals surface area (Å²) in [6.07, 6.45) is 2.28. The van der Waals surface area contributed by atoms with E-state index < -0.39 is 11.9 Å². The Labute approximate surface area is 219 Å². The number of ether oxygens (including phenoxy) is 4. The van der Waals surface area contributed by atoms with Gasteiger partial charge in [-0.05, 0) is 48.5 Å². The molecular formula is C26H30O6S3. The maximum absolute atomic E-state index is 10.9. The van der Waals surface area contributed by atoms with Gasteiger partial charge in [-0.3, -0.25) is 0 Å². The zero-order chi connectivity index (χ0) is 25.1. The van der Waals surface area contributed by atoms with Crippen LogP contribution in [-0.2, 0) is 28.5 Å². The number of thioether (sulfide) groups is 2. The van der Waals surface area contributed by atoms with Gasteiger partial charge in [0.2, 0.25) is 0 Å². The van der Waals surface area contributed by atoms with E-state index in [0.29, 0.717) is 26.4 Å². The molecule has 0 spiro atoms. The maximum atomic E-state index is 10.9. The fraction of sp³-hybridized carbons (Fsp3) is 0.308. The molecule has 0 aliphatic heterocycles. The van der Waals surface area contributed by atoms with Crippen molar-refractivity contribution in [2.45, 2.75) is 19.6 Å². The van der Waals surface area contributed by atoms with Gasteiger partial charge in [-0.15, -0.1) is 23.5 Å². The molecule has 0 amide bonds. The second-order valence-electron chi connectivity index (χ2n) is 6.71. The van der Waals surface area contributed by atoms with E-state index in [1.54, 1.807) is 35.3 Å². The van der Waals surface area contributed by atoms with Crippen LogP contribution in [-0.4, -0.2) is 63.1 Å². The summed E-state index contributed by atoms with van der Waals surface area (Å²) in [6.45, 7) is 9.12. The summed E-state index contributed by atoms with van der Waals surface area (Å²) in [5.74, 6) is 0.795. The van der Waals surface area contributed by atoms with E-state index in [0.717, 1.165) is 23.7 Å². The number of hydrogen-bond acceptors (Lipinski definition) is 9. The first-order valence-corrected chi connectivity index (χ1v) is 13.8. The van der Waals surface area contributed by atoms with Gasteiger partial charge in [-0.25, -0.2) is 9.59 Å². The second kappa shape index (κ2) is 18.1. The van der Waals surface area contributed by atoms with Crippen molar-refractivity contribution in [1.82, 2.24) is 0 Å². The second-order valence-corrected chi connectivity index (χ2v) is 10.2. The van der Waals surface area contributed by atoms with Crippen LogP contribution >= 0.6 is 35.3 Å². The molecule has 0 atom stereocenters. The van der Waals surface area contributed by atoms with Gasteiger partial charge >= 0.3 is 11.9 Å². The minimum absolute atomic E-state index is 0.242. The molecule has 0 aromatic heterocycles. The summed E-state index contributed by atoms with van der Waals surface area (Å²) in [7, 11) is 0. The van der Waals surface area contributed by atoms with Crippen LogP contribution in [0.2, 0.25) is 0 Å². The number of carbonyl (C=O) groups is 2. The SMILES string of the molecule is C=CC(=O)OCCOCCSc1ccc(Sc2ccc(SCCOCCOC(=O)C=C)cc2)cc1. The zero-order valence-corrected chi connectivity index (χ0v) is 22.0. The Hall–Kier alpha value is -2.17. The molecule has 2 rings (SSSR count). The van der Waals surface area contributed by atoms with E-state index in [2.05, 4.69) is 61.7 Å². The molecule has 0 N–H and O–H groups in total. The van der Waals surface area contributed by atoms with Crippen LogP contribution in [0.15, 0.2) is 93.4 Å². The first kappa shape index (κ1) is 29.1. The van der Waals surface area contributed by atoms with Crippen molar-refractivity contribution >= 4 is 47.2 Å². The molecule has 0 aliphatic rings. The van der Waals surface area contributed by atoms with Gasteiger partial charge in [0.15, 0.2) is 0 Å². The molecule has 2 aromatic carbocycles. The Morgan fingerprint density at radius 2 is 0.971 bits per heavy atom. The van der Waals surface area contributed by atoms with Crippen molar-refractivity contribution in [2.75, 3.05) is 51.1 Å². The molecule has 2 aromatic rings. The van der Waals surface area contributed by atoms with Gasteiger partial charge in [-0.2, -0.15) is 0 Å². The lowest BCUT2D eigenvalue weighted by Gasteiger charge is -2.07. The van der Waals surface area contributed by atoms with E-state index in [4.69, 9.17) is 18.9 Å². The summed E-state index contributed by atoms with van der Waals surface area (Å²) in [4.78, 5) is 26.6. The van der Waals surface area contributed by atoms with Gasteiger partial charge in [0.25, 0.3) is 0 Å². The molecule has 0 bridgehead atoms. The molecule has 6 nitrogen and oxygen atoms in total. The average molecular weight is 535 g/mol. The van der Waals surface area contributed by atoms with Crippen LogP contribution in [0.4, 0.5) is 0 Å². The van der Waals surface area contributed by atoms with E-state index in [1.807, 2.05) is 0 Å². The summed E-state index contributed by atoms with van der Waals surface area (Å²) in [6, 6.07) is 16.9. The lowest BCUT2D eigenvalue weighted by atomic mass is 10.4. The van der Waals surface area contributed by atoms with Crippen molar-refractivity contribution in [3.8, 4) is 0 Å². The summed E-state index contributed by atoms with van der Waals surface area (Å²) in [5, 5.41) is 0. The van der Waals surface area contributed by atoms with Crippen molar-refractivity contribution in [1.29, 1.82) is 0 Å². The van der Waals surface area contributed by atoms with Gasteiger partial charge in [0.05, 0.1) is 26.4 Å². The van der Waals surface area contributed by atoms with E-state index in [1.165, 1.54) is 19.6 Å². The first-order chi connectivity index (χ1) is 17.1. The highest BCUT2D eigenvalue weighted by Crippen LogP contribution is 2.31. The number of benzene rings is 2. The normalized spacial score (nSPS) is 10.5. The molecule has 0 saturated heterocycles. The average Bonchev–Trinajstić information content (AvgIpc) is 2.89. The maximum Gasteiger partial charge on any atom is 0.330 e. The van der Waals surface area contributed by atoms with Gasteiger partial charge in [-0.1, -0.05) is 24.9 Å². The molecule has 0 aliphatic carbocycles. The molecule has 0 radical (unpaired) electrons. The molecule has 9 heteroatoms. The van der Waals surface area contributed by atoms with Crippen molar-refractivity contribution in [3.05, 3.63) is 73.8 Å². The molecule has 0 saturated carbocycles. The van der Waals surface area contributed by atoms with Crippen molar-refractivity contribution in [3.63, 3.8) is 0 Å². The van der Waals surface area contributed by atoms with Gasteiger partial charge in [0, 0.05) is 43.2 Å². The Morgan fingerprint density at radius 1 is 0.600 bits per heavy atom. The van der Waals surface area contributed by atoms with Crippen LogP contribution in [0.1, 0.15) is 0 Å².